The van der Waals surface area contributed by atoms with Gasteiger partial charge in [-0.1, -0.05) is 6.42 Å². The van der Waals surface area contributed by atoms with E-state index >= 15 is 0 Å². The highest BCUT2D eigenvalue weighted by Crippen LogP contribution is 2.29. The Labute approximate surface area is 107 Å². The van der Waals surface area contributed by atoms with Gasteiger partial charge in [0.15, 0.2) is 0 Å². The lowest BCUT2D eigenvalue weighted by atomic mass is 9.86. The summed E-state index contributed by atoms with van der Waals surface area (Å²) in [7, 11) is 0. The van der Waals surface area contributed by atoms with Crippen LogP contribution in [0.2, 0.25) is 0 Å². The van der Waals surface area contributed by atoms with Crippen molar-refractivity contribution in [3.63, 3.8) is 0 Å². The summed E-state index contributed by atoms with van der Waals surface area (Å²) in [5.41, 5.74) is 6.76. The molecule has 0 amide bonds. The third kappa shape index (κ3) is 2.94. The molecule has 0 spiro atoms. The van der Waals surface area contributed by atoms with Crippen molar-refractivity contribution in [1.82, 2.24) is 0 Å². The molecule has 0 atom stereocenters. The third-order valence-electron chi connectivity index (χ3n) is 3.20. The molecule has 0 radical (unpaired) electrons. The van der Waals surface area contributed by atoms with Crippen LogP contribution in [-0.4, -0.2) is 19.2 Å². The van der Waals surface area contributed by atoms with Crippen molar-refractivity contribution in [2.24, 2.45) is 5.92 Å². The van der Waals surface area contributed by atoms with Crippen LogP contribution in [0.1, 0.15) is 36.5 Å². The van der Waals surface area contributed by atoms with Gasteiger partial charge >= 0.3 is 5.97 Å². The number of hydrogen-bond acceptors (Lipinski definition) is 4. The lowest BCUT2D eigenvalue weighted by molar-refractivity contribution is 0.0519. The van der Waals surface area contributed by atoms with E-state index in [1.54, 1.807) is 25.1 Å². The first kappa shape index (κ1) is 12.7. The van der Waals surface area contributed by atoms with E-state index in [0.717, 1.165) is 0 Å². The van der Waals surface area contributed by atoms with Crippen molar-refractivity contribution in [2.45, 2.75) is 26.2 Å². The largest absolute Gasteiger partial charge is 0.492 e. The van der Waals surface area contributed by atoms with E-state index < -0.39 is 0 Å². The summed E-state index contributed by atoms with van der Waals surface area (Å²) in [6.07, 6.45) is 3.68. The number of anilines is 1. The molecule has 0 aromatic heterocycles. The third-order valence-corrected chi connectivity index (χ3v) is 3.20. The highest BCUT2D eigenvalue weighted by molar-refractivity contribution is 5.93. The van der Waals surface area contributed by atoms with Crippen LogP contribution in [0.4, 0.5) is 5.69 Å². The number of benzene rings is 1. The second-order valence-corrected chi connectivity index (χ2v) is 4.58. The Morgan fingerprint density at radius 1 is 1.44 bits per heavy atom. The molecule has 0 heterocycles. The molecule has 1 aliphatic rings. The number of carbonyl (C=O) groups is 1. The number of nitrogen functional groups attached to an aromatic ring is 1. The average molecular weight is 249 g/mol. The molecular formula is C14H19NO3. The van der Waals surface area contributed by atoms with Gasteiger partial charge in [0.25, 0.3) is 0 Å². The van der Waals surface area contributed by atoms with Crippen LogP contribution in [0, 0.1) is 5.92 Å². The van der Waals surface area contributed by atoms with Gasteiger partial charge in [-0.25, -0.2) is 4.79 Å². The minimum atomic E-state index is -0.360. The monoisotopic (exact) mass is 249 g/mol. The average Bonchev–Trinajstić information content (AvgIpc) is 2.27. The second kappa shape index (κ2) is 5.76. The van der Waals surface area contributed by atoms with E-state index in [-0.39, 0.29) is 5.97 Å². The van der Waals surface area contributed by atoms with E-state index in [0.29, 0.717) is 36.1 Å². The fourth-order valence-electron chi connectivity index (χ4n) is 1.90. The number of ether oxygens (including phenoxy) is 2. The second-order valence-electron chi connectivity index (χ2n) is 4.58. The maximum Gasteiger partial charge on any atom is 0.341 e. The van der Waals surface area contributed by atoms with Crippen molar-refractivity contribution in [2.75, 3.05) is 18.9 Å². The Kier molecular flexibility index (Phi) is 4.07. The standard InChI is InChI=1S/C14H19NO3/c1-2-17-14(16)12-7-6-11(15)8-13(12)18-9-10-4-3-5-10/h6-8,10H,2-5,9,15H2,1H3. The Balaban J connectivity index is 2.09. The summed E-state index contributed by atoms with van der Waals surface area (Å²) in [5.74, 6) is 0.780. The van der Waals surface area contributed by atoms with Crippen molar-refractivity contribution < 1.29 is 14.3 Å². The minimum Gasteiger partial charge on any atom is -0.492 e. The summed E-state index contributed by atoms with van der Waals surface area (Å²) in [4.78, 5) is 11.8. The Hall–Kier alpha value is -1.71. The zero-order valence-corrected chi connectivity index (χ0v) is 10.6. The molecule has 1 aromatic rings. The molecule has 1 aliphatic carbocycles. The van der Waals surface area contributed by atoms with Crippen molar-refractivity contribution in [1.29, 1.82) is 0 Å². The summed E-state index contributed by atoms with van der Waals surface area (Å²) in [6.45, 7) is 2.78. The number of rotatable bonds is 5. The molecule has 4 heteroatoms. The van der Waals surface area contributed by atoms with Crippen LogP contribution in [-0.2, 0) is 4.74 Å². The molecule has 2 N–H and O–H groups in total. The summed E-state index contributed by atoms with van der Waals surface area (Å²) in [6, 6.07) is 5.02. The van der Waals surface area contributed by atoms with Crippen LogP contribution in [0.5, 0.6) is 5.75 Å². The molecular weight excluding hydrogens is 230 g/mol. The van der Waals surface area contributed by atoms with Gasteiger partial charge in [-0.15, -0.1) is 0 Å². The van der Waals surface area contributed by atoms with Gasteiger partial charge in [-0.2, -0.15) is 0 Å². The van der Waals surface area contributed by atoms with E-state index in [2.05, 4.69) is 0 Å². The van der Waals surface area contributed by atoms with Gasteiger partial charge in [0, 0.05) is 11.8 Å². The Morgan fingerprint density at radius 3 is 2.83 bits per heavy atom. The predicted octanol–water partition coefficient (Wildman–Crippen LogP) is 2.62. The number of nitrogens with two attached hydrogens (primary N) is 1. The summed E-state index contributed by atoms with van der Waals surface area (Å²) in [5, 5.41) is 0. The fourth-order valence-corrected chi connectivity index (χ4v) is 1.90. The smallest absolute Gasteiger partial charge is 0.341 e. The first-order chi connectivity index (χ1) is 8.70. The molecule has 1 aromatic carbocycles. The summed E-state index contributed by atoms with van der Waals surface area (Å²) < 4.78 is 10.7. The first-order valence-corrected chi connectivity index (χ1v) is 6.40. The van der Waals surface area contributed by atoms with Crippen molar-refractivity contribution in [3.8, 4) is 5.75 Å². The van der Waals surface area contributed by atoms with E-state index in [9.17, 15) is 4.79 Å². The zero-order valence-electron chi connectivity index (χ0n) is 10.6. The fraction of sp³-hybridized carbons (Fsp3) is 0.500. The maximum absolute atomic E-state index is 11.8. The van der Waals surface area contributed by atoms with E-state index in [1.807, 2.05) is 0 Å². The molecule has 98 valence electrons. The molecule has 18 heavy (non-hydrogen) atoms. The highest BCUT2D eigenvalue weighted by atomic mass is 16.5. The lowest BCUT2D eigenvalue weighted by Gasteiger charge is -2.25. The van der Waals surface area contributed by atoms with Gasteiger partial charge in [0.2, 0.25) is 0 Å². The first-order valence-electron chi connectivity index (χ1n) is 6.40. The quantitative estimate of drug-likeness (QED) is 0.643. The van der Waals surface area contributed by atoms with Crippen LogP contribution in [0.15, 0.2) is 18.2 Å². The molecule has 4 nitrogen and oxygen atoms in total. The van der Waals surface area contributed by atoms with E-state index in [4.69, 9.17) is 15.2 Å². The van der Waals surface area contributed by atoms with Crippen LogP contribution in [0.25, 0.3) is 0 Å². The van der Waals surface area contributed by atoms with Gasteiger partial charge in [-0.05, 0) is 37.8 Å². The molecule has 0 unspecified atom stereocenters. The normalized spacial score (nSPS) is 14.9. The zero-order chi connectivity index (χ0) is 13.0. The topological polar surface area (TPSA) is 61.5 Å². The van der Waals surface area contributed by atoms with Gasteiger partial charge in [0.05, 0.1) is 13.2 Å². The molecule has 0 bridgehead atoms. The van der Waals surface area contributed by atoms with Gasteiger partial charge in [-0.3, -0.25) is 0 Å². The minimum absolute atomic E-state index is 0.352. The lowest BCUT2D eigenvalue weighted by Crippen LogP contribution is -2.20. The van der Waals surface area contributed by atoms with E-state index in [1.165, 1.54) is 19.3 Å². The van der Waals surface area contributed by atoms with Crippen LogP contribution in [0.3, 0.4) is 0 Å². The van der Waals surface area contributed by atoms with Gasteiger partial charge < -0.3 is 15.2 Å². The Bertz CT molecular complexity index is 427. The Morgan fingerprint density at radius 2 is 2.22 bits per heavy atom. The highest BCUT2D eigenvalue weighted by Gasteiger charge is 2.20. The number of esters is 1. The molecule has 0 aliphatic heterocycles. The summed E-state index contributed by atoms with van der Waals surface area (Å²) >= 11 is 0. The van der Waals surface area contributed by atoms with Crippen molar-refractivity contribution in [3.05, 3.63) is 23.8 Å². The van der Waals surface area contributed by atoms with Crippen LogP contribution < -0.4 is 10.5 Å². The SMILES string of the molecule is CCOC(=O)c1ccc(N)cc1OCC1CCC1. The number of hydrogen-bond donors (Lipinski definition) is 1. The molecule has 1 saturated carbocycles. The number of carbonyl (C=O) groups excluding carboxylic acids is 1. The van der Waals surface area contributed by atoms with Crippen molar-refractivity contribution >= 4 is 11.7 Å². The molecule has 0 saturated heterocycles. The molecule has 1 fully saturated rings. The maximum atomic E-state index is 11.8. The molecule has 2 rings (SSSR count). The van der Waals surface area contributed by atoms with Crippen LogP contribution >= 0.6 is 0 Å². The van der Waals surface area contributed by atoms with Gasteiger partial charge in [0.1, 0.15) is 11.3 Å². The predicted molar refractivity (Wildman–Crippen MR) is 69.6 cm³/mol.